The molecule has 4 rings (SSSR count). The normalized spacial score (nSPS) is 16.3. The van der Waals surface area contributed by atoms with E-state index in [4.69, 9.17) is 11.6 Å². The average molecular weight is 457 g/mol. The molecule has 0 atom stereocenters. The van der Waals surface area contributed by atoms with Crippen molar-refractivity contribution in [3.05, 3.63) is 68.6 Å². The van der Waals surface area contributed by atoms with Gasteiger partial charge in [-0.15, -0.1) is 0 Å². The molecule has 1 aromatic heterocycles. The van der Waals surface area contributed by atoms with Crippen LogP contribution >= 0.6 is 11.6 Å². The quantitative estimate of drug-likeness (QED) is 0.718. The van der Waals surface area contributed by atoms with Crippen molar-refractivity contribution in [2.45, 2.75) is 38.4 Å². The number of nitrogens with zero attached hydrogens (tertiary/aromatic N) is 3. The molecule has 8 nitrogen and oxygen atoms in total. The van der Waals surface area contributed by atoms with Crippen molar-refractivity contribution in [2.75, 3.05) is 20.1 Å². The fourth-order valence-electron chi connectivity index (χ4n) is 4.11. The van der Waals surface area contributed by atoms with Crippen molar-refractivity contribution < 1.29 is 14.4 Å². The molecule has 1 saturated carbocycles. The standard InChI is InChI=1S/C23H25ClN4O4/c1-15(29)26(2)23(9-10-23)14-27-11-12-28-19(22(27)32)8-7-18(21(28)31)20(30)25-13-16-3-5-17(24)6-4-16/h3-8H,9-14H2,1-2H3,(H,25,30). The predicted molar refractivity (Wildman–Crippen MR) is 120 cm³/mol. The second kappa shape index (κ2) is 8.43. The van der Waals surface area contributed by atoms with Crippen LogP contribution in [0.1, 0.15) is 46.2 Å². The lowest BCUT2D eigenvalue weighted by Crippen LogP contribution is -2.52. The van der Waals surface area contributed by atoms with Gasteiger partial charge in [0.15, 0.2) is 0 Å². The van der Waals surface area contributed by atoms with Gasteiger partial charge in [0, 0.05) is 45.2 Å². The van der Waals surface area contributed by atoms with Gasteiger partial charge in [0.2, 0.25) is 5.91 Å². The zero-order valence-corrected chi connectivity index (χ0v) is 18.8. The van der Waals surface area contributed by atoms with E-state index in [1.165, 1.54) is 23.6 Å². The summed E-state index contributed by atoms with van der Waals surface area (Å²) in [5, 5.41) is 3.34. The molecule has 2 aliphatic rings. The summed E-state index contributed by atoms with van der Waals surface area (Å²) in [4.78, 5) is 53.7. The first-order chi connectivity index (χ1) is 15.2. The van der Waals surface area contributed by atoms with E-state index in [9.17, 15) is 19.2 Å². The molecule has 0 unspecified atom stereocenters. The molecule has 168 valence electrons. The van der Waals surface area contributed by atoms with Gasteiger partial charge in [-0.1, -0.05) is 23.7 Å². The fraction of sp³-hybridized carbons (Fsp3) is 0.391. The number of likely N-dealkylation sites (N-methyl/N-ethyl adjacent to an activating group) is 1. The second-order valence-electron chi connectivity index (χ2n) is 8.43. The lowest BCUT2D eigenvalue weighted by Gasteiger charge is -2.36. The van der Waals surface area contributed by atoms with Crippen LogP contribution in [-0.4, -0.2) is 57.8 Å². The molecule has 0 radical (unpaired) electrons. The number of hydrogen-bond donors (Lipinski definition) is 1. The summed E-state index contributed by atoms with van der Waals surface area (Å²) in [6.07, 6.45) is 1.71. The summed E-state index contributed by atoms with van der Waals surface area (Å²) in [5.41, 5.74) is 0.323. The molecular formula is C23H25ClN4O4. The van der Waals surface area contributed by atoms with Gasteiger partial charge in [0.05, 0.1) is 5.54 Å². The Bertz CT molecular complexity index is 1140. The predicted octanol–water partition coefficient (Wildman–Crippen LogP) is 1.90. The molecule has 1 N–H and O–H groups in total. The molecule has 1 aromatic carbocycles. The van der Waals surface area contributed by atoms with Gasteiger partial charge in [0.25, 0.3) is 17.4 Å². The highest BCUT2D eigenvalue weighted by molar-refractivity contribution is 6.30. The van der Waals surface area contributed by atoms with Crippen LogP contribution in [0.5, 0.6) is 0 Å². The van der Waals surface area contributed by atoms with E-state index in [1.807, 2.05) is 0 Å². The highest BCUT2D eigenvalue weighted by Gasteiger charge is 2.50. The van der Waals surface area contributed by atoms with Crippen molar-refractivity contribution >= 4 is 29.3 Å². The van der Waals surface area contributed by atoms with E-state index in [0.29, 0.717) is 24.7 Å². The maximum atomic E-state index is 13.0. The summed E-state index contributed by atoms with van der Waals surface area (Å²) in [6, 6.07) is 9.99. The van der Waals surface area contributed by atoms with Gasteiger partial charge in [-0.2, -0.15) is 0 Å². The Kier molecular flexibility index (Phi) is 5.81. The average Bonchev–Trinajstić information content (AvgIpc) is 3.55. The molecule has 2 aromatic rings. The summed E-state index contributed by atoms with van der Waals surface area (Å²) in [7, 11) is 1.76. The van der Waals surface area contributed by atoms with Crippen molar-refractivity contribution in [1.29, 1.82) is 0 Å². The number of halogens is 1. The van der Waals surface area contributed by atoms with Crippen LogP contribution in [0.25, 0.3) is 0 Å². The number of pyridine rings is 1. The number of fused-ring (bicyclic) bond motifs is 1. The number of nitrogens with one attached hydrogen (secondary N) is 1. The van der Waals surface area contributed by atoms with E-state index in [2.05, 4.69) is 5.32 Å². The van der Waals surface area contributed by atoms with E-state index < -0.39 is 11.5 Å². The van der Waals surface area contributed by atoms with Crippen molar-refractivity contribution in [3.8, 4) is 0 Å². The number of amides is 3. The lowest BCUT2D eigenvalue weighted by atomic mass is 10.1. The van der Waals surface area contributed by atoms with E-state index in [0.717, 1.165) is 18.4 Å². The van der Waals surface area contributed by atoms with Gasteiger partial charge >= 0.3 is 0 Å². The van der Waals surface area contributed by atoms with Gasteiger partial charge in [-0.05, 0) is 42.7 Å². The first kappa shape index (κ1) is 22.1. The highest BCUT2D eigenvalue weighted by atomic mass is 35.5. The minimum atomic E-state index is -0.491. The zero-order valence-electron chi connectivity index (χ0n) is 18.1. The SMILES string of the molecule is CC(=O)N(C)C1(CN2CCn3c(ccc(C(=O)NCc4ccc(Cl)cc4)c3=O)C2=O)CC1. The number of hydrogen-bond acceptors (Lipinski definition) is 4. The largest absolute Gasteiger partial charge is 0.348 e. The first-order valence-corrected chi connectivity index (χ1v) is 10.9. The molecule has 2 heterocycles. The molecular weight excluding hydrogens is 432 g/mol. The molecule has 32 heavy (non-hydrogen) atoms. The van der Waals surface area contributed by atoms with E-state index in [1.54, 1.807) is 41.1 Å². The Labute approximate surface area is 190 Å². The van der Waals surface area contributed by atoms with Gasteiger partial charge in [-0.25, -0.2) is 0 Å². The van der Waals surface area contributed by atoms with Crippen molar-refractivity contribution in [1.82, 2.24) is 19.7 Å². The smallest absolute Gasteiger partial charge is 0.270 e. The molecule has 3 amide bonds. The minimum absolute atomic E-state index is 0.000982. The molecule has 0 saturated heterocycles. The van der Waals surface area contributed by atoms with Crippen LogP contribution in [0, 0.1) is 0 Å². The molecule has 0 spiro atoms. The molecule has 1 aliphatic carbocycles. The van der Waals surface area contributed by atoms with Crippen LogP contribution in [-0.2, 0) is 17.9 Å². The van der Waals surface area contributed by atoms with Crippen LogP contribution in [0.2, 0.25) is 5.02 Å². The summed E-state index contributed by atoms with van der Waals surface area (Å²) in [6.45, 7) is 2.88. The van der Waals surface area contributed by atoms with Gasteiger partial charge in [-0.3, -0.25) is 19.2 Å². The number of aromatic nitrogens is 1. The summed E-state index contributed by atoms with van der Waals surface area (Å²) < 4.78 is 1.37. The number of rotatable bonds is 6. The van der Waals surface area contributed by atoms with Crippen LogP contribution in [0.3, 0.4) is 0 Å². The third-order valence-electron chi connectivity index (χ3n) is 6.38. The van der Waals surface area contributed by atoms with E-state index >= 15 is 0 Å². The molecule has 0 bridgehead atoms. The van der Waals surface area contributed by atoms with Gasteiger partial charge < -0.3 is 19.7 Å². The number of benzene rings is 1. The van der Waals surface area contributed by atoms with Crippen LogP contribution < -0.4 is 10.9 Å². The Morgan fingerprint density at radius 1 is 1.09 bits per heavy atom. The lowest BCUT2D eigenvalue weighted by molar-refractivity contribution is -0.130. The highest BCUT2D eigenvalue weighted by Crippen LogP contribution is 2.42. The van der Waals surface area contributed by atoms with Crippen molar-refractivity contribution in [2.24, 2.45) is 0 Å². The minimum Gasteiger partial charge on any atom is -0.348 e. The topological polar surface area (TPSA) is 91.7 Å². The number of carbonyl (C=O) groups excluding carboxylic acids is 3. The van der Waals surface area contributed by atoms with E-state index in [-0.39, 0.29) is 35.2 Å². The summed E-state index contributed by atoms with van der Waals surface area (Å²) >= 11 is 5.87. The monoisotopic (exact) mass is 456 g/mol. The third-order valence-corrected chi connectivity index (χ3v) is 6.63. The van der Waals surface area contributed by atoms with Crippen molar-refractivity contribution in [3.63, 3.8) is 0 Å². The molecule has 9 heteroatoms. The maximum Gasteiger partial charge on any atom is 0.270 e. The number of carbonyl (C=O) groups is 3. The Balaban J connectivity index is 1.48. The Hall–Kier alpha value is -3.13. The van der Waals surface area contributed by atoms with Crippen LogP contribution in [0.4, 0.5) is 0 Å². The summed E-state index contributed by atoms with van der Waals surface area (Å²) in [5.74, 6) is -0.780. The maximum absolute atomic E-state index is 13.0. The van der Waals surface area contributed by atoms with Crippen LogP contribution in [0.15, 0.2) is 41.2 Å². The Morgan fingerprint density at radius 3 is 2.41 bits per heavy atom. The first-order valence-electron chi connectivity index (χ1n) is 10.5. The van der Waals surface area contributed by atoms with Gasteiger partial charge in [0.1, 0.15) is 11.3 Å². The Morgan fingerprint density at radius 2 is 1.78 bits per heavy atom. The third kappa shape index (κ3) is 4.14. The second-order valence-corrected chi connectivity index (χ2v) is 8.86. The zero-order chi connectivity index (χ0) is 23.0. The molecule has 1 fully saturated rings. The molecule has 1 aliphatic heterocycles. The fourth-order valence-corrected chi connectivity index (χ4v) is 4.23.